The van der Waals surface area contributed by atoms with Crippen molar-refractivity contribution >= 4 is 22.7 Å². The summed E-state index contributed by atoms with van der Waals surface area (Å²) < 4.78 is 15.1. The van der Waals surface area contributed by atoms with Gasteiger partial charge in [-0.15, -0.1) is 0 Å². The second-order valence-electron chi connectivity index (χ2n) is 5.55. The maximum atomic E-state index is 11.7. The second kappa shape index (κ2) is 8.29. The summed E-state index contributed by atoms with van der Waals surface area (Å²) in [5, 5.41) is 2.05. The Morgan fingerprint density at radius 2 is 1.65 bits per heavy atom. The molecule has 5 nitrogen and oxygen atoms in total. The molecule has 0 unspecified atom stereocenters. The second-order valence-corrected chi connectivity index (χ2v) is 5.55. The van der Waals surface area contributed by atoms with Crippen molar-refractivity contribution in [3.8, 4) is 5.75 Å². The van der Waals surface area contributed by atoms with Crippen molar-refractivity contribution in [2.75, 3.05) is 19.8 Å². The van der Waals surface area contributed by atoms with Crippen LogP contribution in [0.15, 0.2) is 42.5 Å². The summed E-state index contributed by atoms with van der Waals surface area (Å²) in [6, 6.07) is 13.2. The highest BCUT2D eigenvalue weighted by atomic mass is 16.6. The molecule has 0 aliphatic rings. The summed E-state index contributed by atoms with van der Waals surface area (Å²) in [4.78, 5) is 23.0. The van der Waals surface area contributed by atoms with E-state index in [9.17, 15) is 9.59 Å². The Balaban J connectivity index is 1.76. The summed E-state index contributed by atoms with van der Waals surface area (Å²) in [5.74, 6) is -0.342. The summed E-state index contributed by atoms with van der Waals surface area (Å²) >= 11 is 0. The predicted molar refractivity (Wildman–Crippen MR) is 86.2 cm³/mol. The van der Waals surface area contributed by atoms with Gasteiger partial charge < -0.3 is 14.2 Å². The first-order valence-electron chi connectivity index (χ1n) is 7.47. The minimum Gasteiger partial charge on any atom is -0.464 e. The van der Waals surface area contributed by atoms with Crippen molar-refractivity contribution in [3.63, 3.8) is 0 Å². The minimum atomic E-state index is -0.558. The zero-order chi connectivity index (χ0) is 16.7. The summed E-state index contributed by atoms with van der Waals surface area (Å²) in [5.41, 5.74) is 0. The lowest BCUT2D eigenvalue weighted by Crippen LogP contribution is -2.21. The van der Waals surface area contributed by atoms with Gasteiger partial charge in [-0.25, -0.2) is 9.59 Å². The number of rotatable bonds is 7. The molecule has 122 valence electrons. The summed E-state index contributed by atoms with van der Waals surface area (Å²) in [6.07, 6.45) is 0. The van der Waals surface area contributed by atoms with Crippen LogP contribution >= 0.6 is 0 Å². The monoisotopic (exact) mass is 316 g/mol. The summed E-state index contributed by atoms with van der Waals surface area (Å²) in [7, 11) is 0. The van der Waals surface area contributed by atoms with Crippen LogP contribution in [-0.2, 0) is 19.1 Å². The number of carbonyl (C=O) groups is 2. The minimum absolute atomic E-state index is 0.261. The zero-order valence-corrected chi connectivity index (χ0v) is 13.3. The number of fused-ring (bicyclic) bond motifs is 1. The van der Waals surface area contributed by atoms with Crippen molar-refractivity contribution in [3.05, 3.63) is 42.5 Å². The molecule has 0 radical (unpaired) electrons. The smallest absolute Gasteiger partial charge is 0.337 e. The predicted octanol–water partition coefficient (Wildman–Crippen LogP) is 2.96. The van der Waals surface area contributed by atoms with Gasteiger partial charge in [-0.3, -0.25) is 0 Å². The number of hydrogen-bond donors (Lipinski definition) is 0. The van der Waals surface area contributed by atoms with Crippen LogP contribution in [-0.4, -0.2) is 31.8 Å². The molecule has 0 fully saturated rings. The van der Waals surface area contributed by atoms with Gasteiger partial charge >= 0.3 is 11.9 Å². The molecule has 0 aromatic heterocycles. The Morgan fingerprint density at radius 3 is 2.39 bits per heavy atom. The van der Waals surface area contributed by atoms with E-state index in [4.69, 9.17) is 14.2 Å². The van der Waals surface area contributed by atoms with Gasteiger partial charge in [-0.2, -0.15) is 0 Å². The molecule has 2 aromatic rings. The van der Waals surface area contributed by atoms with E-state index in [-0.39, 0.29) is 19.1 Å². The molecule has 23 heavy (non-hydrogen) atoms. The maximum absolute atomic E-state index is 11.7. The standard InChI is InChI=1S/C18H20O5/c1-13(2)10-22-17(19)11-21-12-18(20)23-16-8-7-14-5-3-4-6-15(14)9-16/h3-9,13H,10-12H2,1-2H3. The van der Waals surface area contributed by atoms with Gasteiger partial charge in [-0.1, -0.05) is 44.2 Å². The lowest BCUT2D eigenvalue weighted by atomic mass is 10.1. The van der Waals surface area contributed by atoms with Crippen LogP contribution < -0.4 is 4.74 Å². The molecule has 5 heteroatoms. The first kappa shape index (κ1) is 17.0. The van der Waals surface area contributed by atoms with Crippen molar-refractivity contribution in [1.29, 1.82) is 0 Å². The molecule has 0 saturated carbocycles. The highest BCUT2D eigenvalue weighted by Gasteiger charge is 2.09. The van der Waals surface area contributed by atoms with Crippen LogP contribution in [0.5, 0.6) is 5.75 Å². The van der Waals surface area contributed by atoms with Gasteiger partial charge in [0.25, 0.3) is 0 Å². The van der Waals surface area contributed by atoms with Gasteiger partial charge in [-0.05, 0) is 28.8 Å². The lowest BCUT2D eigenvalue weighted by molar-refractivity contribution is -0.152. The van der Waals surface area contributed by atoms with Crippen LogP contribution in [0.2, 0.25) is 0 Å². The normalized spacial score (nSPS) is 10.7. The van der Waals surface area contributed by atoms with Gasteiger partial charge in [0.2, 0.25) is 0 Å². The third-order valence-corrected chi connectivity index (χ3v) is 2.97. The zero-order valence-electron chi connectivity index (χ0n) is 13.3. The Labute approximate surface area is 135 Å². The van der Waals surface area contributed by atoms with Crippen LogP contribution in [0.4, 0.5) is 0 Å². The Hall–Kier alpha value is -2.40. The fourth-order valence-electron chi connectivity index (χ4n) is 1.91. The van der Waals surface area contributed by atoms with Crippen LogP contribution in [0.25, 0.3) is 10.8 Å². The SMILES string of the molecule is CC(C)COC(=O)COCC(=O)Oc1ccc2ccccc2c1. The van der Waals surface area contributed by atoms with Gasteiger partial charge in [0.15, 0.2) is 0 Å². The van der Waals surface area contributed by atoms with E-state index in [1.165, 1.54) is 0 Å². The van der Waals surface area contributed by atoms with Crippen molar-refractivity contribution < 1.29 is 23.8 Å². The van der Waals surface area contributed by atoms with Crippen molar-refractivity contribution in [2.24, 2.45) is 5.92 Å². The average molecular weight is 316 g/mol. The quantitative estimate of drug-likeness (QED) is 0.580. The first-order chi connectivity index (χ1) is 11.0. The molecule has 0 bridgehead atoms. The van der Waals surface area contributed by atoms with E-state index in [0.29, 0.717) is 12.4 Å². The highest BCUT2D eigenvalue weighted by Crippen LogP contribution is 2.20. The fraction of sp³-hybridized carbons (Fsp3) is 0.333. The number of hydrogen-bond acceptors (Lipinski definition) is 5. The van der Waals surface area contributed by atoms with Gasteiger partial charge in [0.05, 0.1) is 6.61 Å². The molecular formula is C18H20O5. The Morgan fingerprint density at radius 1 is 0.957 bits per heavy atom. The van der Waals surface area contributed by atoms with E-state index in [0.717, 1.165) is 10.8 Å². The molecule has 0 N–H and O–H groups in total. The molecular weight excluding hydrogens is 296 g/mol. The third-order valence-electron chi connectivity index (χ3n) is 2.97. The topological polar surface area (TPSA) is 61.8 Å². The van der Waals surface area contributed by atoms with Crippen LogP contribution in [0, 0.1) is 5.92 Å². The van der Waals surface area contributed by atoms with E-state index in [2.05, 4.69) is 0 Å². The first-order valence-corrected chi connectivity index (χ1v) is 7.47. The van der Waals surface area contributed by atoms with Crippen LogP contribution in [0.1, 0.15) is 13.8 Å². The number of esters is 2. The molecule has 0 amide bonds. The fourth-order valence-corrected chi connectivity index (χ4v) is 1.91. The number of benzene rings is 2. The average Bonchev–Trinajstić information content (AvgIpc) is 2.53. The Kier molecular flexibility index (Phi) is 6.11. The molecule has 0 aliphatic heterocycles. The van der Waals surface area contributed by atoms with Crippen molar-refractivity contribution in [1.82, 2.24) is 0 Å². The highest BCUT2D eigenvalue weighted by molar-refractivity contribution is 5.84. The largest absolute Gasteiger partial charge is 0.464 e. The van der Waals surface area contributed by atoms with Gasteiger partial charge in [0, 0.05) is 0 Å². The maximum Gasteiger partial charge on any atom is 0.337 e. The molecule has 0 heterocycles. The van der Waals surface area contributed by atoms with E-state index in [1.54, 1.807) is 12.1 Å². The van der Waals surface area contributed by atoms with E-state index in [1.807, 2.05) is 44.2 Å². The molecule has 0 aliphatic carbocycles. The van der Waals surface area contributed by atoms with Crippen LogP contribution in [0.3, 0.4) is 0 Å². The lowest BCUT2D eigenvalue weighted by Gasteiger charge is -2.08. The Bertz CT molecular complexity index is 678. The molecule has 0 spiro atoms. The van der Waals surface area contributed by atoms with Crippen molar-refractivity contribution in [2.45, 2.75) is 13.8 Å². The molecule has 0 atom stereocenters. The third kappa shape index (κ3) is 5.71. The number of ether oxygens (including phenoxy) is 3. The molecule has 0 saturated heterocycles. The molecule has 2 aromatic carbocycles. The summed E-state index contributed by atoms with van der Waals surface area (Å²) in [6.45, 7) is 3.65. The van der Waals surface area contributed by atoms with E-state index < -0.39 is 11.9 Å². The van der Waals surface area contributed by atoms with Gasteiger partial charge in [0.1, 0.15) is 19.0 Å². The van der Waals surface area contributed by atoms with E-state index >= 15 is 0 Å². The number of carbonyl (C=O) groups excluding carboxylic acids is 2. The molecule has 2 rings (SSSR count).